The molecule has 2 heteroatoms. The Morgan fingerprint density at radius 3 is 2.33 bits per heavy atom. The number of rotatable bonds is 1. The number of hydrogen-bond donors (Lipinski definition) is 0. The van der Waals surface area contributed by atoms with Gasteiger partial charge in [0.05, 0.1) is 0 Å². The van der Waals surface area contributed by atoms with Crippen molar-refractivity contribution in [3.63, 3.8) is 0 Å². The fourth-order valence-corrected chi connectivity index (χ4v) is 6.57. The SMILES string of the molecule is CC1C=CC=CC2=C1C(=[Si](C)C)C(C)(C)[C-]2C1=CC=CC1.[CH3-].[CH3-].[Hf]. The van der Waals surface area contributed by atoms with Crippen LogP contribution in [-0.4, -0.2) is 13.6 Å². The summed E-state index contributed by atoms with van der Waals surface area (Å²) in [5, 5.41) is 1.73. The minimum atomic E-state index is -0.475. The Kier molecular flexibility index (Phi) is 8.58. The van der Waals surface area contributed by atoms with Crippen LogP contribution >= 0.6 is 0 Å². The number of allylic oxidation sites excluding steroid dienone is 10. The fourth-order valence-electron chi connectivity index (χ4n) is 4.29. The Hall–Kier alpha value is -0.473. The van der Waals surface area contributed by atoms with Crippen molar-refractivity contribution in [3.05, 3.63) is 80.0 Å². The summed E-state index contributed by atoms with van der Waals surface area (Å²) in [5.74, 6) is 2.10. The Morgan fingerprint density at radius 1 is 1.12 bits per heavy atom. The molecular formula is C22H31HfSi-3. The Labute approximate surface area is 170 Å². The zero-order chi connectivity index (χ0) is 15.2. The molecule has 130 valence electrons. The van der Waals surface area contributed by atoms with Crippen molar-refractivity contribution in [2.24, 2.45) is 11.3 Å². The van der Waals surface area contributed by atoms with Crippen LogP contribution in [0.3, 0.4) is 0 Å². The van der Waals surface area contributed by atoms with Gasteiger partial charge in [-0.3, -0.25) is 0 Å². The summed E-state index contributed by atoms with van der Waals surface area (Å²) in [7, 11) is -0.475. The maximum absolute atomic E-state index is 2.45. The molecule has 0 saturated carbocycles. The third-order valence-corrected chi connectivity index (χ3v) is 6.79. The molecule has 3 aliphatic carbocycles. The molecule has 24 heavy (non-hydrogen) atoms. The molecular weight excluding hydrogens is 471 g/mol. The standard InChI is InChI=1S/C20H25Si.2CH3.Hf/c1-14-10-6-9-13-16-17(14)19(21(4)5)20(2,3)18(16)15-11-7-8-12-15;;;/h6-11,13-14H,12H2,1-5H3;2*1H3;/q3*-1;. The van der Waals surface area contributed by atoms with Gasteiger partial charge in [-0.2, -0.15) is 0 Å². The van der Waals surface area contributed by atoms with Crippen LogP contribution in [0.1, 0.15) is 27.2 Å². The third kappa shape index (κ3) is 3.70. The Bertz CT molecular complexity index is 649. The quantitative estimate of drug-likeness (QED) is 0.307. The molecule has 3 aliphatic rings. The van der Waals surface area contributed by atoms with Gasteiger partial charge in [0.25, 0.3) is 0 Å². The van der Waals surface area contributed by atoms with Crippen LogP contribution in [0.2, 0.25) is 13.1 Å². The molecule has 0 spiro atoms. The minimum absolute atomic E-state index is 0. The van der Waals surface area contributed by atoms with Gasteiger partial charge >= 0.3 is 0 Å². The molecule has 1 atom stereocenters. The van der Waals surface area contributed by atoms with Crippen LogP contribution in [0.4, 0.5) is 0 Å². The van der Waals surface area contributed by atoms with E-state index >= 15 is 0 Å². The number of hydrogen-bond acceptors (Lipinski definition) is 0. The summed E-state index contributed by atoms with van der Waals surface area (Å²) in [4.78, 5) is 0. The van der Waals surface area contributed by atoms with Crippen molar-refractivity contribution < 1.29 is 25.8 Å². The molecule has 0 saturated heterocycles. The minimum Gasteiger partial charge on any atom is -0.358 e. The van der Waals surface area contributed by atoms with Crippen LogP contribution < -0.4 is 0 Å². The predicted octanol–water partition coefficient (Wildman–Crippen LogP) is 5.95. The first-order valence-electron chi connectivity index (χ1n) is 7.96. The van der Waals surface area contributed by atoms with Crippen molar-refractivity contribution in [1.82, 2.24) is 0 Å². The Balaban J connectivity index is 0.00000176. The monoisotopic (exact) mass is 503 g/mol. The van der Waals surface area contributed by atoms with Crippen molar-refractivity contribution in [1.29, 1.82) is 0 Å². The molecule has 0 bridgehead atoms. The average molecular weight is 502 g/mol. The van der Waals surface area contributed by atoms with E-state index in [0.29, 0.717) is 5.92 Å². The summed E-state index contributed by atoms with van der Waals surface area (Å²) < 4.78 is 0. The molecule has 1 unspecified atom stereocenters. The molecule has 0 fully saturated rings. The largest absolute Gasteiger partial charge is 0.358 e. The molecule has 3 rings (SSSR count). The fraction of sp³-hybridized carbons (Fsp3) is 0.364. The Morgan fingerprint density at radius 2 is 1.79 bits per heavy atom. The van der Waals surface area contributed by atoms with Crippen molar-refractivity contribution in [2.45, 2.75) is 40.3 Å². The van der Waals surface area contributed by atoms with E-state index in [2.05, 4.69) is 76.4 Å². The molecule has 0 N–H and O–H groups in total. The zero-order valence-corrected chi connectivity index (χ0v) is 20.9. The van der Waals surface area contributed by atoms with E-state index in [0.717, 1.165) is 6.42 Å². The van der Waals surface area contributed by atoms with E-state index in [-0.39, 0.29) is 46.1 Å². The van der Waals surface area contributed by atoms with Crippen LogP contribution in [0.5, 0.6) is 0 Å². The van der Waals surface area contributed by atoms with Crippen LogP contribution in [0.25, 0.3) is 0 Å². The van der Waals surface area contributed by atoms with Gasteiger partial charge < -0.3 is 14.9 Å². The summed E-state index contributed by atoms with van der Waals surface area (Å²) >= 11 is 0. The van der Waals surface area contributed by atoms with Crippen molar-refractivity contribution in [2.75, 3.05) is 0 Å². The molecule has 0 amide bonds. The van der Waals surface area contributed by atoms with E-state index < -0.39 is 8.41 Å². The molecule has 0 aromatic carbocycles. The molecule has 0 aromatic rings. The first-order chi connectivity index (χ1) is 9.94. The van der Waals surface area contributed by atoms with Gasteiger partial charge in [0, 0.05) is 25.8 Å². The maximum atomic E-state index is 2.45. The van der Waals surface area contributed by atoms with Gasteiger partial charge in [-0.05, 0) is 26.2 Å². The normalized spacial score (nSPS) is 23.0. The van der Waals surface area contributed by atoms with Crippen LogP contribution in [-0.2, 0) is 25.8 Å². The first kappa shape index (κ1) is 23.5. The van der Waals surface area contributed by atoms with E-state index in [1.54, 1.807) is 16.7 Å². The third-order valence-electron chi connectivity index (χ3n) is 4.90. The van der Waals surface area contributed by atoms with Crippen molar-refractivity contribution in [3.8, 4) is 0 Å². The summed E-state index contributed by atoms with van der Waals surface area (Å²) in [6.45, 7) is 12.1. The molecule has 0 radical (unpaired) electrons. The van der Waals surface area contributed by atoms with Gasteiger partial charge in [0.15, 0.2) is 0 Å². The van der Waals surface area contributed by atoms with E-state index in [4.69, 9.17) is 0 Å². The molecule has 0 aliphatic heterocycles. The molecule has 0 nitrogen and oxygen atoms in total. The van der Waals surface area contributed by atoms with Gasteiger partial charge in [-0.15, -0.1) is 52.1 Å². The van der Waals surface area contributed by atoms with E-state index in [1.165, 1.54) is 11.1 Å². The van der Waals surface area contributed by atoms with Crippen LogP contribution in [0.15, 0.2) is 59.3 Å². The van der Waals surface area contributed by atoms with Gasteiger partial charge in [-0.1, -0.05) is 52.1 Å². The second kappa shape index (κ2) is 8.76. The first-order valence-corrected chi connectivity index (χ1v) is 10.5. The second-order valence-electron chi connectivity index (χ2n) is 7.06. The summed E-state index contributed by atoms with van der Waals surface area (Å²) in [6, 6.07) is 0. The zero-order valence-electron chi connectivity index (χ0n) is 16.3. The summed E-state index contributed by atoms with van der Waals surface area (Å²) in [5.41, 5.74) is 4.83. The molecule has 0 heterocycles. The van der Waals surface area contributed by atoms with E-state index in [1.807, 2.05) is 0 Å². The maximum Gasteiger partial charge on any atom is 0 e. The average Bonchev–Trinajstić information content (AvgIpc) is 2.93. The summed E-state index contributed by atoms with van der Waals surface area (Å²) in [6.07, 6.45) is 17.0. The molecule has 0 aromatic heterocycles. The smallest absolute Gasteiger partial charge is 0 e. The van der Waals surface area contributed by atoms with Gasteiger partial charge in [0.2, 0.25) is 0 Å². The van der Waals surface area contributed by atoms with Gasteiger partial charge in [-0.25, -0.2) is 0 Å². The van der Waals surface area contributed by atoms with Crippen LogP contribution in [0, 0.1) is 32.1 Å². The van der Waals surface area contributed by atoms with Gasteiger partial charge in [0.1, 0.15) is 0 Å². The van der Waals surface area contributed by atoms with E-state index in [9.17, 15) is 0 Å². The van der Waals surface area contributed by atoms with Crippen molar-refractivity contribution >= 4 is 13.6 Å². The second-order valence-corrected chi connectivity index (χ2v) is 9.56. The predicted molar refractivity (Wildman–Crippen MR) is 109 cm³/mol. The topological polar surface area (TPSA) is 0 Å².